The summed E-state index contributed by atoms with van der Waals surface area (Å²) in [5.74, 6) is 2.40. The van der Waals surface area contributed by atoms with E-state index >= 15 is 0 Å². The topological polar surface area (TPSA) is 74.0 Å². The number of ether oxygens (including phenoxy) is 1. The first-order chi connectivity index (χ1) is 15.0. The van der Waals surface area contributed by atoms with E-state index in [1.807, 2.05) is 62.5 Å². The lowest BCUT2D eigenvalue weighted by Crippen LogP contribution is -2.20. The molecule has 0 fully saturated rings. The van der Waals surface area contributed by atoms with Gasteiger partial charge in [-0.15, -0.1) is 0 Å². The summed E-state index contributed by atoms with van der Waals surface area (Å²) in [6.07, 6.45) is 4.77. The number of imidazole rings is 2. The number of carbonyl (C=O) groups excluding carboxylic acids is 1. The molecular formula is C24H27N5O2. The van der Waals surface area contributed by atoms with Crippen LogP contribution in [-0.4, -0.2) is 31.6 Å². The van der Waals surface area contributed by atoms with Gasteiger partial charge in [0.1, 0.15) is 17.4 Å². The van der Waals surface area contributed by atoms with Crippen molar-refractivity contribution in [2.75, 3.05) is 11.9 Å². The van der Waals surface area contributed by atoms with Crippen LogP contribution in [0, 0.1) is 13.8 Å². The second kappa shape index (κ2) is 9.04. The molecule has 0 spiro atoms. The van der Waals surface area contributed by atoms with Gasteiger partial charge in [-0.05, 0) is 50.6 Å². The molecule has 0 atom stereocenters. The molecule has 2 aromatic heterocycles. The largest absolute Gasteiger partial charge is 0.484 e. The molecule has 31 heavy (non-hydrogen) atoms. The number of nitrogens with zero attached hydrogens (tertiary/aromatic N) is 4. The Balaban J connectivity index is 1.49. The van der Waals surface area contributed by atoms with Crippen molar-refractivity contribution in [3.63, 3.8) is 0 Å². The SMILES string of the molecule is CCCn1c(Cn2ccnc2C)nc2cc(NC(=O)COc3ccc(C)cc3)ccc21. The summed E-state index contributed by atoms with van der Waals surface area (Å²) in [6.45, 7) is 7.65. The quantitative estimate of drug-likeness (QED) is 0.463. The number of nitrogens with one attached hydrogen (secondary N) is 1. The van der Waals surface area contributed by atoms with Gasteiger partial charge in [-0.3, -0.25) is 4.79 Å². The van der Waals surface area contributed by atoms with E-state index in [4.69, 9.17) is 9.72 Å². The van der Waals surface area contributed by atoms with E-state index in [-0.39, 0.29) is 12.5 Å². The van der Waals surface area contributed by atoms with E-state index in [9.17, 15) is 4.79 Å². The van der Waals surface area contributed by atoms with Gasteiger partial charge >= 0.3 is 0 Å². The summed E-state index contributed by atoms with van der Waals surface area (Å²) >= 11 is 0. The Hall–Kier alpha value is -3.61. The summed E-state index contributed by atoms with van der Waals surface area (Å²) in [4.78, 5) is 21.5. The zero-order valence-corrected chi connectivity index (χ0v) is 18.1. The lowest BCUT2D eigenvalue weighted by molar-refractivity contribution is -0.118. The van der Waals surface area contributed by atoms with Crippen molar-refractivity contribution in [3.8, 4) is 5.75 Å². The molecule has 0 radical (unpaired) electrons. The van der Waals surface area contributed by atoms with E-state index in [1.165, 1.54) is 0 Å². The van der Waals surface area contributed by atoms with Gasteiger partial charge in [-0.2, -0.15) is 0 Å². The molecule has 0 saturated carbocycles. The third-order valence-corrected chi connectivity index (χ3v) is 5.18. The van der Waals surface area contributed by atoms with E-state index < -0.39 is 0 Å². The fraction of sp³-hybridized carbons (Fsp3) is 0.292. The van der Waals surface area contributed by atoms with E-state index in [1.54, 1.807) is 6.20 Å². The van der Waals surface area contributed by atoms with Gasteiger partial charge in [0.05, 0.1) is 17.6 Å². The Kier molecular flexibility index (Phi) is 6.02. The number of hydrogen-bond donors (Lipinski definition) is 1. The lowest BCUT2D eigenvalue weighted by Gasteiger charge is -2.10. The fourth-order valence-electron chi connectivity index (χ4n) is 3.55. The Morgan fingerprint density at radius 3 is 2.65 bits per heavy atom. The van der Waals surface area contributed by atoms with Crippen LogP contribution in [0.4, 0.5) is 5.69 Å². The summed E-state index contributed by atoms with van der Waals surface area (Å²) in [5, 5.41) is 2.90. The third kappa shape index (κ3) is 4.77. The lowest BCUT2D eigenvalue weighted by atomic mass is 10.2. The van der Waals surface area contributed by atoms with E-state index in [0.29, 0.717) is 18.0 Å². The number of aryl methyl sites for hydroxylation is 3. The number of anilines is 1. The molecule has 1 N–H and O–H groups in total. The monoisotopic (exact) mass is 417 g/mol. The Morgan fingerprint density at radius 2 is 1.94 bits per heavy atom. The van der Waals surface area contributed by atoms with Gasteiger partial charge in [0.15, 0.2) is 6.61 Å². The van der Waals surface area contributed by atoms with E-state index in [0.717, 1.165) is 41.2 Å². The minimum Gasteiger partial charge on any atom is -0.484 e. The van der Waals surface area contributed by atoms with Gasteiger partial charge < -0.3 is 19.2 Å². The molecule has 7 heteroatoms. The fourth-order valence-corrected chi connectivity index (χ4v) is 3.55. The molecule has 0 bridgehead atoms. The maximum Gasteiger partial charge on any atom is 0.262 e. The van der Waals surface area contributed by atoms with Crippen molar-refractivity contribution < 1.29 is 9.53 Å². The highest BCUT2D eigenvalue weighted by atomic mass is 16.5. The number of amides is 1. The number of fused-ring (bicyclic) bond motifs is 1. The zero-order chi connectivity index (χ0) is 21.8. The summed E-state index contributed by atoms with van der Waals surface area (Å²) < 4.78 is 9.89. The molecule has 4 aromatic rings. The van der Waals surface area contributed by atoms with Gasteiger partial charge in [-0.25, -0.2) is 9.97 Å². The number of carbonyl (C=O) groups is 1. The Labute approximate surface area is 181 Å². The average Bonchev–Trinajstić information content (AvgIpc) is 3.31. The normalized spacial score (nSPS) is 11.1. The average molecular weight is 418 g/mol. The van der Waals surface area contributed by atoms with Gasteiger partial charge in [0.25, 0.3) is 5.91 Å². The van der Waals surface area contributed by atoms with Crippen molar-refractivity contribution in [1.82, 2.24) is 19.1 Å². The van der Waals surface area contributed by atoms with Crippen LogP contribution < -0.4 is 10.1 Å². The van der Waals surface area contributed by atoms with Gasteiger partial charge in [0, 0.05) is 24.6 Å². The standard InChI is InChI=1S/C24H27N5O2/c1-4-12-29-22-10-7-19(26-24(30)16-31-20-8-5-17(2)6-9-20)14-21(22)27-23(29)15-28-13-11-25-18(28)3/h5-11,13-14H,4,12,15-16H2,1-3H3,(H,26,30). The highest BCUT2D eigenvalue weighted by Gasteiger charge is 2.13. The van der Waals surface area contributed by atoms with Gasteiger partial charge in [-0.1, -0.05) is 24.6 Å². The molecule has 0 aliphatic heterocycles. The molecule has 4 rings (SSSR count). The van der Waals surface area contributed by atoms with Crippen LogP contribution in [0.15, 0.2) is 54.9 Å². The minimum atomic E-state index is -0.206. The molecule has 7 nitrogen and oxygen atoms in total. The molecule has 0 saturated heterocycles. The molecule has 2 aromatic carbocycles. The third-order valence-electron chi connectivity index (χ3n) is 5.18. The molecule has 2 heterocycles. The molecular weight excluding hydrogens is 390 g/mol. The Bertz CT molecular complexity index is 1190. The zero-order valence-electron chi connectivity index (χ0n) is 18.1. The highest BCUT2D eigenvalue weighted by molar-refractivity contribution is 5.94. The number of benzene rings is 2. The van der Waals surface area contributed by atoms with Gasteiger partial charge in [0.2, 0.25) is 0 Å². The molecule has 0 aliphatic rings. The van der Waals surface area contributed by atoms with Crippen molar-refractivity contribution in [1.29, 1.82) is 0 Å². The highest BCUT2D eigenvalue weighted by Crippen LogP contribution is 2.22. The van der Waals surface area contributed by atoms with Crippen LogP contribution in [0.2, 0.25) is 0 Å². The van der Waals surface area contributed by atoms with Crippen molar-refractivity contribution >= 4 is 22.6 Å². The van der Waals surface area contributed by atoms with Crippen LogP contribution in [0.25, 0.3) is 11.0 Å². The number of hydrogen-bond acceptors (Lipinski definition) is 4. The van der Waals surface area contributed by atoms with Crippen LogP contribution in [-0.2, 0) is 17.9 Å². The van der Waals surface area contributed by atoms with Crippen LogP contribution in [0.1, 0.15) is 30.6 Å². The van der Waals surface area contributed by atoms with E-state index in [2.05, 4.69) is 26.4 Å². The number of aromatic nitrogens is 4. The summed E-state index contributed by atoms with van der Waals surface area (Å²) in [5.41, 5.74) is 3.77. The van der Waals surface area contributed by atoms with Crippen LogP contribution >= 0.6 is 0 Å². The van der Waals surface area contributed by atoms with Crippen molar-refractivity contribution in [2.45, 2.75) is 40.3 Å². The first-order valence-corrected chi connectivity index (χ1v) is 10.5. The van der Waals surface area contributed by atoms with Crippen LogP contribution in [0.5, 0.6) is 5.75 Å². The molecule has 0 unspecified atom stereocenters. The number of rotatable bonds is 8. The van der Waals surface area contributed by atoms with Crippen molar-refractivity contribution in [2.24, 2.45) is 0 Å². The molecule has 160 valence electrons. The second-order valence-electron chi connectivity index (χ2n) is 7.64. The smallest absolute Gasteiger partial charge is 0.262 e. The Morgan fingerprint density at radius 1 is 1.13 bits per heavy atom. The molecule has 1 amide bonds. The maximum absolute atomic E-state index is 12.3. The minimum absolute atomic E-state index is 0.0451. The summed E-state index contributed by atoms with van der Waals surface area (Å²) in [6, 6.07) is 13.5. The second-order valence-corrected chi connectivity index (χ2v) is 7.64. The maximum atomic E-state index is 12.3. The predicted molar refractivity (Wildman–Crippen MR) is 121 cm³/mol. The first-order valence-electron chi connectivity index (χ1n) is 10.5. The first kappa shape index (κ1) is 20.7. The summed E-state index contributed by atoms with van der Waals surface area (Å²) in [7, 11) is 0. The predicted octanol–water partition coefficient (Wildman–Crippen LogP) is 4.33. The molecule has 0 aliphatic carbocycles. The van der Waals surface area contributed by atoms with Crippen LogP contribution in [0.3, 0.4) is 0 Å². The van der Waals surface area contributed by atoms with Crippen molar-refractivity contribution in [3.05, 3.63) is 72.1 Å².